The zero-order chi connectivity index (χ0) is 20.0. The summed E-state index contributed by atoms with van der Waals surface area (Å²) < 4.78 is 21.5. The normalized spacial score (nSPS) is 9.41. The largest absolute Gasteiger partial charge is 0.584 e. The van der Waals surface area contributed by atoms with Crippen molar-refractivity contribution in [2.75, 3.05) is 0 Å². The van der Waals surface area contributed by atoms with Crippen molar-refractivity contribution < 1.29 is 18.5 Å². The minimum absolute atomic E-state index is 0.286. The molecule has 0 aliphatic rings. The number of hydrogen-bond acceptors (Lipinski definition) is 5. The fourth-order valence-corrected chi connectivity index (χ4v) is 2.60. The van der Waals surface area contributed by atoms with Gasteiger partial charge in [0.2, 0.25) is 4.91 Å². The number of phosphoric ester groups is 1. The molecule has 0 radical (unpaired) electrons. The molecule has 7 nitrogen and oxygen atoms in total. The monoisotopic (exact) mass is 386 g/mol. The van der Waals surface area contributed by atoms with E-state index in [4.69, 9.17) is 20.1 Å². The highest BCUT2D eigenvalue weighted by molar-refractivity contribution is 7.48. The van der Waals surface area contributed by atoms with Gasteiger partial charge in [0.1, 0.15) is 22.6 Å². The highest BCUT2D eigenvalue weighted by Crippen LogP contribution is 2.44. The van der Waals surface area contributed by atoms with Crippen LogP contribution >= 0.6 is 7.82 Å². The Morgan fingerprint density at radius 3 is 1.30 bits per heavy atom. The maximum atomic E-state index is 11.7. The van der Waals surface area contributed by atoms with E-state index >= 15 is 0 Å². The molecule has 3 aromatic carbocycles. The number of benzene rings is 3. The molecule has 3 rings (SSSR count). The van der Waals surface area contributed by atoms with Crippen LogP contribution in [0.3, 0.4) is 0 Å². The van der Waals surface area contributed by atoms with Crippen LogP contribution in [0.1, 0.15) is 5.56 Å². The van der Waals surface area contributed by atoms with Gasteiger partial charge in [-0.3, -0.25) is 4.89 Å². The number of rotatable bonds is 4. The average Bonchev–Trinajstić information content (AvgIpc) is 2.64. The van der Waals surface area contributed by atoms with E-state index < -0.39 is 7.82 Å². The lowest BCUT2D eigenvalue weighted by molar-refractivity contribution is 0.291. The summed E-state index contributed by atoms with van der Waals surface area (Å²) in [6, 6.07) is 27.0. The summed E-state index contributed by atoms with van der Waals surface area (Å²) >= 11 is 0. The van der Waals surface area contributed by atoms with Gasteiger partial charge in [0.05, 0.1) is 0 Å². The molecule has 0 heterocycles. The highest BCUT2D eigenvalue weighted by atomic mass is 31.2. The van der Waals surface area contributed by atoms with Crippen molar-refractivity contribution in [3.05, 3.63) is 96.6 Å². The lowest BCUT2D eigenvalue weighted by Crippen LogP contribution is -1.99. The fourth-order valence-electron chi connectivity index (χ4n) is 1.78. The van der Waals surface area contributed by atoms with Crippen molar-refractivity contribution in [2.45, 2.75) is 6.92 Å². The summed E-state index contributed by atoms with van der Waals surface area (Å²) in [6.07, 6.45) is 0. The molecule has 3 aromatic rings. The second-order valence-electron chi connectivity index (χ2n) is 5.04. The van der Waals surface area contributed by atoms with Gasteiger partial charge in [-0.15, -0.1) is 0 Å². The first kappa shape index (κ1) is 21.8. The van der Waals surface area contributed by atoms with Crippen LogP contribution in [-0.2, 0) is 4.57 Å². The van der Waals surface area contributed by atoms with Crippen molar-refractivity contribution >= 4 is 7.82 Å². The molecule has 140 valence electrons. The third kappa shape index (κ3) is 10.4. The molecule has 0 bridgehead atoms. The zero-order valence-corrected chi connectivity index (χ0v) is 15.6. The van der Waals surface area contributed by atoms with Crippen LogP contribution in [0.4, 0.5) is 0 Å². The predicted octanol–water partition coefficient (Wildman–Crippen LogP) is 5.36. The quantitative estimate of drug-likeness (QED) is 0.318. The minimum atomic E-state index is -4.14. The van der Waals surface area contributed by atoms with Gasteiger partial charge >= 0.3 is 7.82 Å². The van der Waals surface area contributed by atoms with Crippen molar-refractivity contribution in [3.63, 3.8) is 0 Å². The van der Waals surface area contributed by atoms with Gasteiger partial charge in [0, 0.05) is 0 Å². The Hall–Kier alpha value is -3.24. The fraction of sp³-hybridized carbons (Fsp3) is 0.0526. The number of phosphoric acid groups is 1. The minimum Gasteiger partial charge on any atom is -0.395 e. The Labute approximate surface area is 157 Å². The molecular weight excluding hydrogens is 365 g/mol. The average molecular weight is 386 g/mol. The summed E-state index contributed by atoms with van der Waals surface area (Å²) in [5, 5.41) is 0. The van der Waals surface area contributed by atoms with Crippen LogP contribution in [0.2, 0.25) is 0 Å². The smallest absolute Gasteiger partial charge is 0.395 e. The van der Waals surface area contributed by atoms with E-state index in [1.807, 2.05) is 23.1 Å². The molecule has 0 fully saturated rings. The van der Waals surface area contributed by atoms with Gasteiger partial charge in [0.25, 0.3) is 0 Å². The number of para-hydroxylation sites is 2. The second kappa shape index (κ2) is 12.2. The van der Waals surface area contributed by atoms with Crippen LogP contribution in [0.5, 0.6) is 11.5 Å². The van der Waals surface area contributed by atoms with Crippen molar-refractivity contribution in [1.82, 2.24) is 4.91 Å². The highest BCUT2D eigenvalue weighted by Gasteiger charge is 2.24. The van der Waals surface area contributed by atoms with E-state index in [9.17, 15) is 9.46 Å². The first-order chi connectivity index (χ1) is 13.0. The molecule has 0 saturated heterocycles. The summed E-state index contributed by atoms with van der Waals surface area (Å²) in [6.45, 7) is 2.08. The van der Waals surface area contributed by atoms with E-state index in [1.54, 1.807) is 60.7 Å². The summed E-state index contributed by atoms with van der Waals surface area (Å²) in [7, 11) is -4.14. The maximum Gasteiger partial charge on any atom is 0.584 e. The van der Waals surface area contributed by atoms with Gasteiger partial charge < -0.3 is 9.05 Å². The number of hydrogen-bond donors (Lipinski definition) is 3. The topological polar surface area (TPSA) is 118 Å². The molecule has 0 aliphatic heterocycles. The van der Waals surface area contributed by atoms with E-state index in [-0.39, 0.29) is 11.5 Å². The molecule has 27 heavy (non-hydrogen) atoms. The summed E-state index contributed by atoms with van der Waals surface area (Å²) in [5.74, 6) is 0.573. The van der Waals surface area contributed by atoms with Crippen molar-refractivity contribution in [2.24, 2.45) is 0 Å². The van der Waals surface area contributed by atoms with E-state index in [2.05, 4.69) is 19.1 Å². The molecule has 0 saturated carbocycles. The Balaban J connectivity index is 0.000000301. The van der Waals surface area contributed by atoms with Gasteiger partial charge in [-0.1, -0.05) is 72.3 Å². The van der Waals surface area contributed by atoms with E-state index in [0.29, 0.717) is 0 Å². The van der Waals surface area contributed by atoms with Crippen LogP contribution < -0.4 is 14.0 Å². The molecular formula is C19H21N3O4P+. The Bertz CT molecular complexity index is 810. The predicted molar refractivity (Wildman–Crippen MR) is 103 cm³/mol. The number of nitrogens with zero attached hydrogens (tertiary/aromatic N) is 1. The summed E-state index contributed by atoms with van der Waals surface area (Å²) in [5.41, 5.74) is 12.3. The lowest BCUT2D eigenvalue weighted by Gasteiger charge is -2.13. The molecule has 0 aromatic heterocycles. The van der Waals surface area contributed by atoms with Gasteiger partial charge in [-0.2, -0.15) is 0 Å². The summed E-state index contributed by atoms with van der Waals surface area (Å²) in [4.78, 5) is 11.5. The lowest BCUT2D eigenvalue weighted by atomic mass is 10.2. The third-order valence-corrected chi connectivity index (χ3v) is 3.75. The van der Waals surface area contributed by atoms with Crippen LogP contribution in [0, 0.1) is 18.0 Å². The Kier molecular flexibility index (Phi) is 9.83. The first-order valence-electron chi connectivity index (χ1n) is 7.84. The van der Waals surface area contributed by atoms with Crippen LogP contribution in [0.15, 0.2) is 91.0 Å². The maximum absolute atomic E-state index is 11.7. The zero-order valence-electron chi connectivity index (χ0n) is 14.7. The Morgan fingerprint density at radius 1 is 0.741 bits per heavy atom. The van der Waals surface area contributed by atoms with Gasteiger partial charge in [-0.05, 0) is 31.2 Å². The molecule has 0 aliphatic carbocycles. The first-order valence-corrected chi connectivity index (χ1v) is 9.33. The second-order valence-corrected chi connectivity index (χ2v) is 6.35. The molecule has 8 heteroatoms. The standard InChI is InChI=1S/C12H11O4P.C7H8.H2N3/c13-17(14,15-11-7-3-1-4-8-11)16-12-9-5-2-6-10-12;1-7-5-3-2-4-6-7;1-3-2/h1-10H,(H,13,14);2-6H,1H3;1-2H/q;;+1. The molecule has 0 spiro atoms. The van der Waals surface area contributed by atoms with Crippen LogP contribution in [-0.4, -0.2) is 4.89 Å². The van der Waals surface area contributed by atoms with E-state index in [0.717, 1.165) is 0 Å². The third-order valence-electron chi connectivity index (χ3n) is 2.87. The number of nitrogens with one attached hydrogen (secondary N) is 2. The number of aryl methyl sites for hydroxylation is 1. The van der Waals surface area contributed by atoms with Crippen LogP contribution in [0.25, 0.3) is 0 Å². The molecule has 3 N–H and O–H groups in total. The molecule has 0 amide bonds. The van der Waals surface area contributed by atoms with E-state index in [1.165, 1.54) is 5.56 Å². The van der Waals surface area contributed by atoms with Crippen molar-refractivity contribution in [1.29, 1.82) is 11.1 Å². The molecule has 0 unspecified atom stereocenters. The SMILES string of the molecule is Cc1ccccc1.N=[N+]=N.O=P(O)(Oc1ccccc1)Oc1ccccc1. The van der Waals surface area contributed by atoms with Gasteiger partial charge in [-0.25, -0.2) is 4.57 Å². The van der Waals surface area contributed by atoms with Gasteiger partial charge in [0.15, 0.2) is 0 Å². The Morgan fingerprint density at radius 2 is 1.04 bits per heavy atom. The van der Waals surface area contributed by atoms with Crippen molar-refractivity contribution in [3.8, 4) is 11.5 Å². The molecule has 0 atom stereocenters.